The number of hydrogen-bond donors (Lipinski definition) is 1. The molecule has 2 atom stereocenters. The third kappa shape index (κ3) is 3.82. The van der Waals surface area contributed by atoms with Crippen LogP contribution in [0, 0.1) is 5.92 Å². The first-order chi connectivity index (χ1) is 10.0. The third-order valence-electron chi connectivity index (χ3n) is 3.55. The first-order valence-corrected chi connectivity index (χ1v) is 7.49. The third-order valence-corrected chi connectivity index (χ3v) is 4.31. The minimum absolute atomic E-state index is 0.168. The normalized spacial score (nSPS) is 19.3. The van der Waals surface area contributed by atoms with E-state index in [-0.39, 0.29) is 18.1 Å². The van der Waals surface area contributed by atoms with Gasteiger partial charge in [-0.15, -0.1) is 0 Å². The molecule has 8 heteroatoms. The second-order valence-corrected chi connectivity index (χ2v) is 5.76. The van der Waals surface area contributed by atoms with Crippen molar-refractivity contribution < 1.29 is 14.3 Å². The lowest BCUT2D eigenvalue weighted by Gasteiger charge is -2.21. The van der Waals surface area contributed by atoms with Crippen molar-refractivity contribution >= 4 is 27.6 Å². The lowest BCUT2D eigenvalue weighted by molar-refractivity contribution is -0.141. The van der Waals surface area contributed by atoms with Crippen LogP contribution in [0.1, 0.15) is 13.3 Å². The van der Waals surface area contributed by atoms with E-state index in [9.17, 15) is 9.59 Å². The molecule has 1 fully saturated rings. The number of carbonyl (C=O) groups is 1. The van der Waals surface area contributed by atoms with Crippen molar-refractivity contribution in [2.45, 2.75) is 25.9 Å². The average molecular weight is 360 g/mol. The van der Waals surface area contributed by atoms with Crippen molar-refractivity contribution in [1.29, 1.82) is 0 Å². The molecule has 116 valence electrons. The molecule has 2 heterocycles. The monoisotopic (exact) mass is 359 g/mol. The fraction of sp³-hybridized carbons (Fsp3) is 0.615. The van der Waals surface area contributed by atoms with Gasteiger partial charge in [0.25, 0.3) is 5.56 Å². The van der Waals surface area contributed by atoms with Crippen LogP contribution < -0.4 is 10.9 Å². The van der Waals surface area contributed by atoms with Crippen molar-refractivity contribution in [2.75, 3.05) is 25.6 Å². The van der Waals surface area contributed by atoms with Crippen molar-refractivity contribution in [3.63, 3.8) is 0 Å². The smallest absolute Gasteiger partial charge is 0.327 e. The number of halogens is 1. The Bertz CT molecular complexity index is 569. The van der Waals surface area contributed by atoms with Crippen LogP contribution in [0.2, 0.25) is 0 Å². The fourth-order valence-corrected chi connectivity index (χ4v) is 2.60. The van der Waals surface area contributed by atoms with E-state index in [0.717, 1.165) is 24.3 Å². The number of rotatable bonds is 5. The largest absolute Gasteiger partial charge is 0.468 e. The predicted octanol–water partition coefficient (Wildman–Crippen LogP) is 1.02. The van der Waals surface area contributed by atoms with Gasteiger partial charge < -0.3 is 14.8 Å². The number of nitrogens with one attached hydrogen (secondary N) is 1. The van der Waals surface area contributed by atoms with E-state index in [1.165, 1.54) is 13.3 Å². The zero-order valence-electron chi connectivity index (χ0n) is 12.0. The summed E-state index contributed by atoms with van der Waals surface area (Å²) in [6.45, 7) is 3.33. The van der Waals surface area contributed by atoms with Crippen molar-refractivity contribution in [2.24, 2.45) is 5.92 Å². The molecule has 21 heavy (non-hydrogen) atoms. The Hall–Kier alpha value is -1.41. The molecule has 1 N–H and O–H groups in total. The molecule has 2 rings (SSSR count). The zero-order valence-corrected chi connectivity index (χ0v) is 13.6. The first-order valence-electron chi connectivity index (χ1n) is 6.69. The molecule has 0 radical (unpaired) electrons. The Labute approximate surface area is 130 Å². The van der Waals surface area contributed by atoms with Crippen molar-refractivity contribution in [3.8, 4) is 0 Å². The van der Waals surface area contributed by atoms with Gasteiger partial charge in [-0.1, -0.05) is 0 Å². The van der Waals surface area contributed by atoms with Crippen LogP contribution in [-0.2, 0) is 20.8 Å². The van der Waals surface area contributed by atoms with Crippen LogP contribution >= 0.6 is 15.9 Å². The molecule has 0 amide bonds. The molecule has 1 aromatic rings. The Morgan fingerprint density at radius 1 is 1.71 bits per heavy atom. The van der Waals surface area contributed by atoms with Gasteiger partial charge in [0.05, 0.1) is 25.6 Å². The minimum atomic E-state index is -0.520. The zero-order chi connectivity index (χ0) is 15.4. The number of aromatic nitrogens is 2. The number of ether oxygens (including phenoxy) is 2. The van der Waals surface area contributed by atoms with Gasteiger partial charge in [0.1, 0.15) is 11.0 Å². The summed E-state index contributed by atoms with van der Waals surface area (Å²) < 4.78 is 11.3. The highest BCUT2D eigenvalue weighted by molar-refractivity contribution is 9.10. The molecule has 0 saturated carbocycles. The Morgan fingerprint density at radius 3 is 3.10 bits per heavy atom. The second-order valence-electron chi connectivity index (χ2n) is 4.97. The molecule has 0 spiro atoms. The maximum atomic E-state index is 12.1. The summed E-state index contributed by atoms with van der Waals surface area (Å²) in [7, 11) is 1.27. The van der Waals surface area contributed by atoms with Crippen molar-refractivity contribution in [1.82, 2.24) is 9.78 Å². The van der Waals surface area contributed by atoms with Gasteiger partial charge in [0, 0.05) is 18.6 Å². The molecule has 7 nitrogen and oxygen atoms in total. The molecule has 1 aromatic heterocycles. The Morgan fingerprint density at radius 2 is 2.48 bits per heavy atom. The van der Waals surface area contributed by atoms with Gasteiger partial charge in [0.2, 0.25) is 0 Å². The van der Waals surface area contributed by atoms with E-state index in [4.69, 9.17) is 4.74 Å². The highest BCUT2D eigenvalue weighted by atomic mass is 79.9. The fourth-order valence-electron chi connectivity index (χ4n) is 2.18. The van der Waals surface area contributed by atoms with Crippen LogP contribution in [0.4, 0.5) is 5.69 Å². The minimum Gasteiger partial charge on any atom is -0.468 e. The van der Waals surface area contributed by atoms with E-state index in [0.29, 0.717) is 16.1 Å². The Balaban J connectivity index is 2.12. The molecule has 0 aromatic carbocycles. The topological polar surface area (TPSA) is 82.5 Å². The molecular weight excluding hydrogens is 342 g/mol. The summed E-state index contributed by atoms with van der Waals surface area (Å²) in [5.74, 6) is -0.108. The van der Waals surface area contributed by atoms with Gasteiger partial charge in [-0.25, -0.2) is 4.68 Å². The SMILES string of the molecule is COC(=O)Cn1ncc(NC(C)C2CCOC2)c(Br)c1=O. The number of anilines is 1. The maximum absolute atomic E-state index is 12.1. The molecule has 1 saturated heterocycles. The van der Waals surface area contributed by atoms with Crippen LogP contribution in [0.3, 0.4) is 0 Å². The summed E-state index contributed by atoms with van der Waals surface area (Å²) in [5, 5.41) is 7.25. The predicted molar refractivity (Wildman–Crippen MR) is 80.2 cm³/mol. The molecule has 0 bridgehead atoms. The molecule has 2 unspecified atom stereocenters. The van der Waals surface area contributed by atoms with Gasteiger partial charge in [-0.3, -0.25) is 9.59 Å². The van der Waals surface area contributed by atoms with Crippen molar-refractivity contribution in [3.05, 3.63) is 21.0 Å². The molecule has 0 aliphatic carbocycles. The lowest BCUT2D eigenvalue weighted by Crippen LogP contribution is -2.31. The molecular formula is C13H18BrN3O4. The highest BCUT2D eigenvalue weighted by Gasteiger charge is 2.23. The van der Waals surface area contributed by atoms with E-state index in [2.05, 4.69) is 31.1 Å². The summed E-state index contributed by atoms with van der Waals surface area (Å²) in [4.78, 5) is 23.3. The van der Waals surface area contributed by atoms with Gasteiger partial charge in [0.15, 0.2) is 0 Å². The van der Waals surface area contributed by atoms with Crippen LogP contribution in [0.15, 0.2) is 15.5 Å². The summed E-state index contributed by atoms with van der Waals surface area (Å²) in [6, 6.07) is 0.168. The second kappa shape index (κ2) is 7.04. The first kappa shape index (κ1) is 16.0. The number of esters is 1. The van der Waals surface area contributed by atoms with Crippen LogP contribution in [0.5, 0.6) is 0 Å². The highest BCUT2D eigenvalue weighted by Crippen LogP contribution is 2.23. The summed E-state index contributed by atoms with van der Waals surface area (Å²) in [5.41, 5.74) is 0.237. The van der Waals surface area contributed by atoms with Gasteiger partial charge in [-0.2, -0.15) is 5.10 Å². The summed E-state index contributed by atoms with van der Waals surface area (Å²) in [6.07, 6.45) is 2.53. The molecule has 1 aliphatic rings. The Kier molecular flexibility index (Phi) is 5.35. The van der Waals surface area contributed by atoms with E-state index >= 15 is 0 Å². The maximum Gasteiger partial charge on any atom is 0.327 e. The van der Waals surface area contributed by atoms with Crippen LogP contribution in [-0.4, -0.2) is 42.1 Å². The van der Waals surface area contributed by atoms with E-state index < -0.39 is 5.97 Å². The lowest BCUT2D eigenvalue weighted by atomic mass is 10.0. The average Bonchev–Trinajstić information content (AvgIpc) is 3.01. The quantitative estimate of drug-likeness (QED) is 0.790. The number of nitrogens with zero attached hydrogens (tertiary/aromatic N) is 2. The molecule has 1 aliphatic heterocycles. The van der Waals surface area contributed by atoms with E-state index in [1.54, 1.807) is 0 Å². The standard InChI is InChI=1S/C13H18BrN3O4/c1-8(9-3-4-21-7-9)16-10-5-15-17(6-11(18)20-2)13(19)12(10)14/h5,8-9,16H,3-4,6-7H2,1-2H3. The van der Waals surface area contributed by atoms with Gasteiger partial charge in [-0.05, 0) is 29.3 Å². The number of methoxy groups -OCH3 is 1. The number of carbonyl (C=O) groups excluding carboxylic acids is 1. The van der Waals surface area contributed by atoms with Crippen LogP contribution in [0.25, 0.3) is 0 Å². The number of hydrogen-bond acceptors (Lipinski definition) is 6. The summed E-state index contributed by atoms with van der Waals surface area (Å²) >= 11 is 3.26. The van der Waals surface area contributed by atoms with Gasteiger partial charge >= 0.3 is 5.97 Å². The van der Waals surface area contributed by atoms with E-state index in [1.807, 2.05) is 6.92 Å².